The van der Waals surface area contributed by atoms with Crippen molar-refractivity contribution in [3.05, 3.63) is 70.9 Å². The fraction of sp³-hybridized carbons (Fsp3) is 0.190. The number of hydrogen-bond donors (Lipinski definition) is 1. The van der Waals surface area contributed by atoms with Crippen molar-refractivity contribution in [1.29, 1.82) is 0 Å². The van der Waals surface area contributed by atoms with Gasteiger partial charge in [-0.2, -0.15) is 5.10 Å². The molecule has 3 aromatic rings. The summed E-state index contributed by atoms with van der Waals surface area (Å²) >= 11 is 0. The zero-order valence-corrected chi connectivity index (χ0v) is 15.7. The van der Waals surface area contributed by atoms with Crippen molar-refractivity contribution in [3.8, 4) is 11.3 Å². The quantitative estimate of drug-likeness (QED) is 0.717. The first kappa shape index (κ1) is 18.4. The number of rotatable bonds is 4. The summed E-state index contributed by atoms with van der Waals surface area (Å²) in [7, 11) is 3.14. The number of benzene rings is 2. The van der Waals surface area contributed by atoms with Crippen LogP contribution in [0.4, 0.5) is 5.69 Å². The Morgan fingerprint density at radius 1 is 1.00 bits per heavy atom. The summed E-state index contributed by atoms with van der Waals surface area (Å²) in [6.45, 7) is 4.12. The molecule has 3 rings (SSSR count). The van der Waals surface area contributed by atoms with Crippen molar-refractivity contribution >= 4 is 17.6 Å². The Kier molecular flexibility index (Phi) is 5.07. The molecule has 0 aliphatic carbocycles. The van der Waals surface area contributed by atoms with Crippen LogP contribution in [0.2, 0.25) is 0 Å². The highest BCUT2D eigenvalue weighted by molar-refractivity contribution is 6.03. The standard InChI is InChI=1S/C21H21N3O3/c1-13-5-6-16(11-14(13)2)19-12-18(23-24(19)3)20(25)22-17-9-7-15(8-10-17)21(26)27-4/h5-12H,1-4H3,(H,22,25). The Labute approximate surface area is 157 Å². The van der Waals surface area contributed by atoms with Gasteiger partial charge in [0.25, 0.3) is 5.91 Å². The molecule has 0 saturated carbocycles. The number of anilines is 1. The number of hydrogen-bond acceptors (Lipinski definition) is 4. The summed E-state index contributed by atoms with van der Waals surface area (Å²) in [4.78, 5) is 24.0. The third-order valence-corrected chi connectivity index (χ3v) is 4.48. The van der Waals surface area contributed by atoms with E-state index in [2.05, 4.69) is 41.1 Å². The highest BCUT2D eigenvalue weighted by atomic mass is 16.5. The van der Waals surface area contributed by atoms with E-state index < -0.39 is 5.97 Å². The predicted octanol–water partition coefficient (Wildman–Crippen LogP) is 3.74. The average molecular weight is 363 g/mol. The molecule has 1 aromatic heterocycles. The van der Waals surface area contributed by atoms with E-state index in [0.29, 0.717) is 16.9 Å². The predicted molar refractivity (Wildman–Crippen MR) is 104 cm³/mol. The van der Waals surface area contributed by atoms with Gasteiger partial charge < -0.3 is 10.1 Å². The van der Waals surface area contributed by atoms with E-state index in [1.54, 1.807) is 35.0 Å². The molecule has 0 unspecified atom stereocenters. The first-order valence-electron chi connectivity index (χ1n) is 8.50. The first-order valence-corrected chi connectivity index (χ1v) is 8.50. The molecule has 0 bridgehead atoms. The smallest absolute Gasteiger partial charge is 0.337 e. The minimum absolute atomic E-state index is 0.313. The second-order valence-electron chi connectivity index (χ2n) is 6.36. The molecular weight excluding hydrogens is 342 g/mol. The molecule has 0 aliphatic rings. The van der Waals surface area contributed by atoms with Gasteiger partial charge in [-0.1, -0.05) is 12.1 Å². The minimum Gasteiger partial charge on any atom is -0.465 e. The Hall–Kier alpha value is -3.41. The van der Waals surface area contributed by atoms with Crippen LogP contribution in [0.15, 0.2) is 48.5 Å². The van der Waals surface area contributed by atoms with Crippen molar-refractivity contribution < 1.29 is 14.3 Å². The molecule has 1 N–H and O–H groups in total. The number of amides is 1. The number of carbonyl (C=O) groups excluding carboxylic acids is 2. The molecule has 1 heterocycles. The Morgan fingerprint density at radius 3 is 2.33 bits per heavy atom. The highest BCUT2D eigenvalue weighted by Gasteiger charge is 2.15. The number of methoxy groups -OCH3 is 1. The van der Waals surface area contributed by atoms with Crippen molar-refractivity contribution in [2.75, 3.05) is 12.4 Å². The van der Waals surface area contributed by atoms with Crippen LogP contribution >= 0.6 is 0 Å². The molecular formula is C21H21N3O3. The lowest BCUT2D eigenvalue weighted by atomic mass is 10.0. The summed E-state index contributed by atoms with van der Waals surface area (Å²) < 4.78 is 6.36. The average Bonchev–Trinajstić information content (AvgIpc) is 3.06. The van der Waals surface area contributed by atoms with Gasteiger partial charge in [-0.3, -0.25) is 9.48 Å². The van der Waals surface area contributed by atoms with Crippen LogP contribution in [0.5, 0.6) is 0 Å². The molecule has 2 aromatic carbocycles. The fourth-order valence-corrected chi connectivity index (χ4v) is 2.75. The van der Waals surface area contributed by atoms with E-state index in [1.165, 1.54) is 18.2 Å². The zero-order valence-electron chi connectivity index (χ0n) is 15.7. The number of nitrogens with zero attached hydrogens (tertiary/aromatic N) is 2. The summed E-state index contributed by atoms with van der Waals surface area (Å²) in [5.41, 5.74) is 5.60. The number of aromatic nitrogens is 2. The summed E-state index contributed by atoms with van der Waals surface area (Å²) in [5, 5.41) is 7.11. The second-order valence-corrected chi connectivity index (χ2v) is 6.36. The number of carbonyl (C=O) groups is 2. The molecule has 0 fully saturated rings. The van der Waals surface area contributed by atoms with E-state index in [4.69, 9.17) is 0 Å². The van der Waals surface area contributed by atoms with Gasteiger partial charge >= 0.3 is 5.97 Å². The molecule has 0 atom stereocenters. The molecule has 138 valence electrons. The summed E-state index contributed by atoms with van der Waals surface area (Å²) in [5.74, 6) is -0.734. The third-order valence-electron chi connectivity index (χ3n) is 4.48. The lowest BCUT2D eigenvalue weighted by Gasteiger charge is -2.05. The number of aryl methyl sites for hydroxylation is 3. The van der Waals surface area contributed by atoms with Gasteiger partial charge in [-0.15, -0.1) is 0 Å². The van der Waals surface area contributed by atoms with Crippen LogP contribution < -0.4 is 5.32 Å². The van der Waals surface area contributed by atoms with Crippen LogP contribution in [0.25, 0.3) is 11.3 Å². The Morgan fingerprint density at radius 2 is 1.70 bits per heavy atom. The minimum atomic E-state index is -0.421. The van der Waals surface area contributed by atoms with Crippen LogP contribution in [0.1, 0.15) is 32.0 Å². The number of esters is 1. The monoisotopic (exact) mass is 363 g/mol. The van der Waals surface area contributed by atoms with Crippen molar-refractivity contribution in [1.82, 2.24) is 9.78 Å². The maximum absolute atomic E-state index is 12.5. The van der Waals surface area contributed by atoms with E-state index in [1.807, 2.05) is 13.1 Å². The largest absolute Gasteiger partial charge is 0.465 e. The van der Waals surface area contributed by atoms with Gasteiger partial charge in [0.05, 0.1) is 18.4 Å². The van der Waals surface area contributed by atoms with E-state index >= 15 is 0 Å². The van der Waals surface area contributed by atoms with E-state index in [0.717, 1.165) is 11.3 Å². The molecule has 6 nitrogen and oxygen atoms in total. The van der Waals surface area contributed by atoms with Crippen LogP contribution in [0, 0.1) is 13.8 Å². The molecule has 1 amide bonds. The number of ether oxygens (including phenoxy) is 1. The topological polar surface area (TPSA) is 73.2 Å². The van der Waals surface area contributed by atoms with Crippen molar-refractivity contribution in [2.24, 2.45) is 7.05 Å². The van der Waals surface area contributed by atoms with Gasteiger partial charge in [0, 0.05) is 18.3 Å². The highest BCUT2D eigenvalue weighted by Crippen LogP contribution is 2.23. The molecule has 0 radical (unpaired) electrons. The third kappa shape index (κ3) is 3.89. The Bertz CT molecular complexity index is 1000. The van der Waals surface area contributed by atoms with Gasteiger partial charge in [-0.25, -0.2) is 4.79 Å². The van der Waals surface area contributed by atoms with Crippen molar-refractivity contribution in [2.45, 2.75) is 13.8 Å². The van der Waals surface area contributed by atoms with Crippen LogP contribution in [-0.2, 0) is 11.8 Å². The van der Waals surface area contributed by atoms with Gasteiger partial charge in [-0.05, 0) is 61.4 Å². The van der Waals surface area contributed by atoms with Gasteiger partial charge in [0.1, 0.15) is 0 Å². The number of nitrogens with one attached hydrogen (secondary N) is 1. The molecule has 27 heavy (non-hydrogen) atoms. The van der Waals surface area contributed by atoms with Crippen LogP contribution in [-0.4, -0.2) is 28.8 Å². The maximum atomic E-state index is 12.5. The van der Waals surface area contributed by atoms with E-state index in [-0.39, 0.29) is 5.91 Å². The van der Waals surface area contributed by atoms with Crippen molar-refractivity contribution in [3.63, 3.8) is 0 Å². The lowest BCUT2D eigenvalue weighted by molar-refractivity contribution is 0.0600. The van der Waals surface area contributed by atoms with E-state index in [9.17, 15) is 9.59 Å². The molecule has 0 spiro atoms. The summed E-state index contributed by atoms with van der Waals surface area (Å²) in [6, 6.07) is 14.4. The zero-order chi connectivity index (χ0) is 19.6. The molecule has 0 saturated heterocycles. The maximum Gasteiger partial charge on any atom is 0.337 e. The van der Waals surface area contributed by atoms with Gasteiger partial charge in [0.15, 0.2) is 5.69 Å². The van der Waals surface area contributed by atoms with Crippen LogP contribution in [0.3, 0.4) is 0 Å². The Balaban J connectivity index is 1.79. The lowest BCUT2D eigenvalue weighted by Crippen LogP contribution is -2.13. The first-order chi connectivity index (χ1) is 12.9. The normalized spacial score (nSPS) is 10.5. The molecule has 6 heteroatoms. The SMILES string of the molecule is COC(=O)c1ccc(NC(=O)c2cc(-c3ccc(C)c(C)c3)n(C)n2)cc1. The van der Waals surface area contributed by atoms with Gasteiger partial charge in [0.2, 0.25) is 0 Å². The summed E-state index contributed by atoms with van der Waals surface area (Å²) in [6.07, 6.45) is 0. The second kappa shape index (κ2) is 7.45. The fourth-order valence-electron chi connectivity index (χ4n) is 2.75. The molecule has 0 aliphatic heterocycles.